The molecule has 0 spiro atoms. The van der Waals surface area contributed by atoms with Crippen LogP contribution in [0.15, 0.2) is 54.6 Å². The summed E-state index contributed by atoms with van der Waals surface area (Å²) in [5.41, 5.74) is 2.04. The lowest BCUT2D eigenvalue weighted by molar-refractivity contribution is 0.103. The summed E-state index contributed by atoms with van der Waals surface area (Å²) in [5.74, 6) is -1.01. The van der Waals surface area contributed by atoms with Crippen molar-refractivity contribution in [1.82, 2.24) is 9.78 Å². The molecule has 0 aliphatic carbocycles. The first-order chi connectivity index (χ1) is 13.0. The van der Waals surface area contributed by atoms with Gasteiger partial charge in [-0.15, -0.1) is 11.3 Å². The summed E-state index contributed by atoms with van der Waals surface area (Å²) in [6.07, 6.45) is 0. The molecule has 0 saturated carbocycles. The highest BCUT2D eigenvalue weighted by Gasteiger charge is 2.18. The molecule has 0 saturated heterocycles. The van der Waals surface area contributed by atoms with Gasteiger partial charge in [0.2, 0.25) is 0 Å². The molecule has 0 aliphatic rings. The van der Waals surface area contributed by atoms with Gasteiger partial charge in [0.15, 0.2) is 5.82 Å². The number of carbonyl (C=O) groups excluding carboxylic acids is 1. The van der Waals surface area contributed by atoms with Gasteiger partial charge < -0.3 is 5.32 Å². The second-order valence-corrected chi connectivity index (χ2v) is 7.55. The van der Waals surface area contributed by atoms with Gasteiger partial charge in [0.25, 0.3) is 5.91 Å². The van der Waals surface area contributed by atoms with E-state index in [1.54, 1.807) is 12.1 Å². The van der Waals surface area contributed by atoms with Gasteiger partial charge in [-0.2, -0.15) is 5.10 Å². The Morgan fingerprint density at radius 1 is 1.22 bits per heavy atom. The van der Waals surface area contributed by atoms with Crippen molar-refractivity contribution in [3.8, 4) is 0 Å². The largest absolute Gasteiger partial charge is 0.319 e. The van der Waals surface area contributed by atoms with E-state index in [0.29, 0.717) is 11.4 Å². The first kappa shape index (κ1) is 17.7. The lowest BCUT2D eigenvalue weighted by Gasteiger charge is -2.06. The number of anilines is 1. The predicted octanol–water partition coefficient (Wildman–Crippen LogP) is 5.50. The number of aromatic nitrogens is 2. The average Bonchev–Trinajstić information content (AvgIpc) is 3.22. The average molecular weight is 400 g/mol. The highest BCUT2D eigenvalue weighted by molar-refractivity contribution is 7.20. The standard InChI is InChI=1S/C20H15ClFN3OS/c1-12-14-10-17(19(26)23-16-9-5-8-15(21)18(16)22)27-20(14)25(24-12)11-13-6-3-2-4-7-13/h2-10H,11H2,1H3,(H,23,26). The fourth-order valence-corrected chi connectivity index (χ4v) is 4.10. The highest BCUT2D eigenvalue weighted by Crippen LogP contribution is 2.30. The number of hydrogen-bond acceptors (Lipinski definition) is 3. The predicted molar refractivity (Wildman–Crippen MR) is 107 cm³/mol. The number of rotatable bonds is 4. The van der Waals surface area contributed by atoms with E-state index in [9.17, 15) is 9.18 Å². The molecule has 4 aromatic rings. The summed E-state index contributed by atoms with van der Waals surface area (Å²) in [5, 5.41) is 8.06. The van der Waals surface area contributed by atoms with Crippen molar-refractivity contribution in [1.29, 1.82) is 0 Å². The van der Waals surface area contributed by atoms with Crippen molar-refractivity contribution in [2.75, 3.05) is 5.32 Å². The van der Waals surface area contributed by atoms with Gasteiger partial charge >= 0.3 is 0 Å². The van der Waals surface area contributed by atoms with E-state index >= 15 is 0 Å². The molecule has 2 heterocycles. The van der Waals surface area contributed by atoms with Gasteiger partial charge in [-0.1, -0.05) is 48.0 Å². The third-order valence-electron chi connectivity index (χ3n) is 4.21. The van der Waals surface area contributed by atoms with Gasteiger partial charge in [0, 0.05) is 5.39 Å². The number of nitrogens with zero attached hydrogens (tertiary/aromatic N) is 2. The number of halogens is 2. The Morgan fingerprint density at radius 3 is 2.78 bits per heavy atom. The number of fused-ring (bicyclic) bond motifs is 1. The fraction of sp³-hybridized carbons (Fsp3) is 0.100. The summed E-state index contributed by atoms with van der Waals surface area (Å²) < 4.78 is 15.9. The molecule has 4 nitrogen and oxygen atoms in total. The number of carbonyl (C=O) groups is 1. The Balaban J connectivity index is 1.64. The van der Waals surface area contributed by atoms with Crippen molar-refractivity contribution in [3.63, 3.8) is 0 Å². The molecule has 27 heavy (non-hydrogen) atoms. The molecule has 2 aromatic heterocycles. The van der Waals surface area contributed by atoms with Crippen LogP contribution in [-0.4, -0.2) is 15.7 Å². The topological polar surface area (TPSA) is 46.9 Å². The quantitative estimate of drug-likeness (QED) is 0.492. The Bertz CT molecular complexity index is 1140. The molecule has 0 unspecified atom stereocenters. The van der Waals surface area contributed by atoms with Crippen LogP contribution in [0.3, 0.4) is 0 Å². The molecule has 0 fully saturated rings. The second kappa shape index (κ2) is 7.13. The zero-order chi connectivity index (χ0) is 19.0. The maximum atomic E-state index is 14.0. The molecule has 136 valence electrons. The van der Waals surface area contributed by atoms with Crippen molar-refractivity contribution in [2.45, 2.75) is 13.5 Å². The molecule has 0 bridgehead atoms. The molecular formula is C20H15ClFN3OS. The van der Waals surface area contributed by atoms with E-state index < -0.39 is 5.82 Å². The van der Waals surface area contributed by atoms with E-state index in [1.165, 1.54) is 23.5 Å². The van der Waals surface area contributed by atoms with Gasteiger partial charge in [-0.05, 0) is 30.7 Å². The Labute approximate surface area is 164 Å². The number of thiophene rings is 1. The van der Waals surface area contributed by atoms with Crippen molar-refractivity contribution in [2.24, 2.45) is 0 Å². The van der Waals surface area contributed by atoms with Crippen LogP contribution < -0.4 is 5.32 Å². The van der Waals surface area contributed by atoms with Gasteiger partial charge in [-0.25, -0.2) is 4.39 Å². The van der Waals surface area contributed by atoms with Gasteiger partial charge in [0.1, 0.15) is 4.83 Å². The Kier molecular flexibility index (Phi) is 4.68. The lowest BCUT2D eigenvalue weighted by Crippen LogP contribution is -2.11. The summed E-state index contributed by atoms with van der Waals surface area (Å²) in [6, 6.07) is 16.3. The van der Waals surface area contributed by atoms with Crippen molar-refractivity contribution < 1.29 is 9.18 Å². The summed E-state index contributed by atoms with van der Waals surface area (Å²) in [6.45, 7) is 2.53. The third kappa shape index (κ3) is 3.46. The number of benzene rings is 2. The van der Waals surface area contributed by atoms with Crippen LogP contribution >= 0.6 is 22.9 Å². The number of amides is 1. The second-order valence-electron chi connectivity index (χ2n) is 6.11. The van der Waals surface area contributed by atoms with Crippen LogP contribution in [0.2, 0.25) is 5.02 Å². The van der Waals surface area contributed by atoms with Crippen LogP contribution in [0.4, 0.5) is 10.1 Å². The third-order valence-corrected chi connectivity index (χ3v) is 5.65. The number of aryl methyl sites for hydroxylation is 1. The van der Waals surface area contributed by atoms with E-state index in [1.807, 2.05) is 41.9 Å². The van der Waals surface area contributed by atoms with Crippen molar-refractivity contribution in [3.05, 3.63) is 81.6 Å². The van der Waals surface area contributed by atoms with E-state index in [4.69, 9.17) is 11.6 Å². The zero-order valence-corrected chi connectivity index (χ0v) is 15.9. The molecule has 0 radical (unpaired) electrons. The molecule has 1 amide bonds. The molecule has 7 heteroatoms. The van der Waals surface area contributed by atoms with Gasteiger partial charge in [0.05, 0.1) is 27.8 Å². The van der Waals surface area contributed by atoms with E-state index in [0.717, 1.165) is 21.5 Å². The highest BCUT2D eigenvalue weighted by atomic mass is 35.5. The number of nitrogens with one attached hydrogen (secondary N) is 1. The fourth-order valence-electron chi connectivity index (χ4n) is 2.87. The minimum absolute atomic E-state index is 0.0292. The molecular weight excluding hydrogens is 385 g/mol. The SMILES string of the molecule is Cc1nn(Cc2ccccc2)c2sc(C(=O)Nc3cccc(Cl)c3F)cc12. The first-order valence-electron chi connectivity index (χ1n) is 8.29. The zero-order valence-electron chi connectivity index (χ0n) is 14.4. The normalized spacial score (nSPS) is 11.1. The Morgan fingerprint density at radius 2 is 2.00 bits per heavy atom. The summed E-state index contributed by atoms with van der Waals surface area (Å²) in [7, 11) is 0. The Hall–Kier alpha value is -2.70. The van der Waals surface area contributed by atoms with Crippen LogP contribution in [0, 0.1) is 12.7 Å². The molecule has 4 rings (SSSR count). The first-order valence-corrected chi connectivity index (χ1v) is 9.48. The molecule has 0 atom stereocenters. The van der Waals surface area contributed by atoms with Crippen LogP contribution in [0.5, 0.6) is 0 Å². The van der Waals surface area contributed by atoms with E-state index in [-0.39, 0.29) is 16.6 Å². The molecule has 0 aliphatic heterocycles. The van der Waals surface area contributed by atoms with Crippen LogP contribution in [0.1, 0.15) is 20.9 Å². The maximum Gasteiger partial charge on any atom is 0.265 e. The van der Waals surface area contributed by atoms with Gasteiger partial charge in [-0.3, -0.25) is 9.48 Å². The smallest absolute Gasteiger partial charge is 0.265 e. The monoisotopic (exact) mass is 399 g/mol. The minimum atomic E-state index is -0.639. The van der Waals surface area contributed by atoms with Crippen LogP contribution in [0.25, 0.3) is 10.2 Å². The van der Waals surface area contributed by atoms with E-state index in [2.05, 4.69) is 10.4 Å². The van der Waals surface area contributed by atoms with Crippen LogP contribution in [-0.2, 0) is 6.54 Å². The summed E-state index contributed by atoms with van der Waals surface area (Å²) in [4.78, 5) is 14.0. The minimum Gasteiger partial charge on any atom is -0.319 e. The number of hydrogen-bond donors (Lipinski definition) is 1. The molecule has 2 aromatic carbocycles. The maximum absolute atomic E-state index is 14.0. The van der Waals surface area contributed by atoms with Crippen molar-refractivity contribution >= 4 is 44.7 Å². The summed E-state index contributed by atoms with van der Waals surface area (Å²) >= 11 is 7.11. The lowest BCUT2D eigenvalue weighted by atomic mass is 10.2. The molecule has 1 N–H and O–H groups in total.